The molecule has 0 radical (unpaired) electrons. The molecule has 0 fully saturated rings. The smallest absolute Gasteiger partial charge is 0.142 e. The zero-order chi connectivity index (χ0) is 17.1. The third kappa shape index (κ3) is 3.45. The zero-order valence-corrected chi connectivity index (χ0v) is 15.1. The molecule has 0 atom stereocenters. The van der Waals surface area contributed by atoms with Crippen LogP contribution < -0.4 is 10.1 Å². The number of benzene rings is 1. The molecule has 0 bridgehead atoms. The van der Waals surface area contributed by atoms with E-state index in [0.717, 1.165) is 28.5 Å². The summed E-state index contributed by atoms with van der Waals surface area (Å²) >= 11 is 1.82. The van der Waals surface area contributed by atoms with Crippen molar-refractivity contribution in [3.8, 4) is 5.75 Å². The fraction of sp³-hybridized carbons (Fsp3) is 0.368. The van der Waals surface area contributed by atoms with E-state index < -0.39 is 0 Å². The van der Waals surface area contributed by atoms with Crippen molar-refractivity contribution < 1.29 is 9.47 Å². The predicted molar refractivity (Wildman–Crippen MR) is 101 cm³/mol. The highest BCUT2D eigenvalue weighted by Gasteiger charge is 2.19. The molecular weight excluding hydrogens is 334 g/mol. The van der Waals surface area contributed by atoms with Gasteiger partial charge in [-0.2, -0.15) is 0 Å². The molecule has 0 spiro atoms. The molecule has 0 aliphatic heterocycles. The van der Waals surface area contributed by atoms with Crippen molar-refractivity contribution in [3.05, 3.63) is 41.0 Å². The highest BCUT2D eigenvalue weighted by Crippen LogP contribution is 2.38. The highest BCUT2D eigenvalue weighted by molar-refractivity contribution is 7.19. The standard InChI is InChI=1S/C19H21N3O2S/c1-23-10-11-24-14-8-6-13(7-9-14)22-18-17-15-4-2-3-5-16(15)25-19(17)21-12-20-18/h6-9,12H,2-5,10-11H2,1H3,(H,20,21,22). The summed E-state index contributed by atoms with van der Waals surface area (Å²) in [6.07, 6.45) is 6.48. The van der Waals surface area contributed by atoms with Crippen molar-refractivity contribution in [1.29, 1.82) is 0 Å². The first kappa shape index (κ1) is 16.3. The van der Waals surface area contributed by atoms with Gasteiger partial charge in [0.25, 0.3) is 0 Å². The lowest BCUT2D eigenvalue weighted by Crippen LogP contribution is -2.04. The third-order valence-electron chi connectivity index (χ3n) is 4.42. The molecular formula is C19H21N3O2S. The molecule has 5 nitrogen and oxygen atoms in total. The predicted octanol–water partition coefficient (Wildman–Crippen LogP) is 4.34. The molecule has 1 aliphatic carbocycles. The summed E-state index contributed by atoms with van der Waals surface area (Å²) in [5.41, 5.74) is 2.43. The van der Waals surface area contributed by atoms with Crippen molar-refractivity contribution in [2.45, 2.75) is 25.7 Å². The second-order valence-electron chi connectivity index (χ2n) is 6.10. The first-order valence-electron chi connectivity index (χ1n) is 8.59. The van der Waals surface area contributed by atoms with Gasteiger partial charge in [0.1, 0.15) is 29.3 Å². The van der Waals surface area contributed by atoms with Crippen LogP contribution in [0.3, 0.4) is 0 Å². The molecule has 4 rings (SSSR count). The number of nitrogens with zero attached hydrogens (tertiary/aromatic N) is 2. The Morgan fingerprint density at radius 2 is 1.92 bits per heavy atom. The summed E-state index contributed by atoms with van der Waals surface area (Å²) in [7, 11) is 1.67. The monoisotopic (exact) mass is 355 g/mol. The van der Waals surface area contributed by atoms with Gasteiger partial charge in [0.05, 0.1) is 12.0 Å². The van der Waals surface area contributed by atoms with Crippen molar-refractivity contribution in [2.24, 2.45) is 0 Å². The maximum atomic E-state index is 5.61. The van der Waals surface area contributed by atoms with Crippen LogP contribution in [0.25, 0.3) is 10.2 Å². The van der Waals surface area contributed by atoms with E-state index in [2.05, 4.69) is 15.3 Å². The van der Waals surface area contributed by atoms with Crippen LogP contribution in [-0.4, -0.2) is 30.3 Å². The molecule has 0 saturated carbocycles. The number of anilines is 2. The van der Waals surface area contributed by atoms with Crippen LogP contribution in [-0.2, 0) is 17.6 Å². The second kappa shape index (κ2) is 7.37. The van der Waals surface area contributed by atoms with Gasteiger partial charge in [-0.05, 0) is 55.5 Å². The van der Waals surface area contributed by atoms with E-state index in [1.165, 1.54) is 35.1 Å². The summed E-state index contributed by atoms with van der Waals surface area (Å²) in [5.74, 6) is 1.74. The fourth-order valence-corrected chi connectivity index (χ4v) is 4.43. The lowest BCUT2D eigenvalue weighted by molar-refractivity contribution is 0.146. The molecule has 6 heteroatoms. The van der Waals surface area contributed by atoms with E-state index in [9.17, 15) is 0 Å². The van der Waals surface area contributed by atoms with Crippen LogP contribution in [0.5, 0.6) is 5.75 Å². The molecule has 3 aromatic rings. The van der Waals surface area contributed by atoms with E-state index in [4.69, 9.17) is 9.47 Å². The molecule has 1 N–H and O–H groups in total. The molecule has 1 aliphatic rings. The van der Waals surface area contributed by atoms with Crippen molar-refractivity contribution in [3.63, 3.8) is 0 Å². The van der Waals surface area contributed by atoms with Crippen LogP contribution >= 0.6 is 11.3 Å². The SMILES string of the molecule is COCCOc1ccc(Nc2ncnc3sc4c(c23)CCCC4)cc1. The normalized spacial score (nSPS) is 13.6. The van der Waals surface area contributed by atoms with Gasteiger partial charge >= 0.3 is 0 Å². The van der Waals surface area contributed by atoms with Crippen LogP contribution in [0.15, 0.2) is 30.6 Å². The van der Waals surface area contributed by atoms with E-state index in [-0.39, 0.29) is 0 Å². The van der Waals surface area contributed by atoms with Crippen LogP contribution in [0, 0.1) is 0 Å². The lowest BCUT2D eigenvalue weighted by Gasteiger charge is -2.13. The van der Waals surface area contributed by atoms with Gasteiger partial charge < -0.3 is 14.8 Å². The molecule has 0 saturated heterocycles. The Kier molecular flexibility index (Phi) is 4.81. The Morgan fingerprint density at radius 1 is 1.08 bits per heavy atom. The molecule has 1 aromatic carbocycles. The van der Waals surface area contributed by atoms with Crippen LogP contribution in [0.2, 0.25) is 0 Å². The Hall–Kier alpha value is -2.18. The number of aryl methyl sites for hydroxylation is 2. The summed E-state index contributed by atoms with van der Waals surface area (Å²) in [4.78, 5) is 11.5. The minimum Gasteiger partial charge on any atom is -0.491 e. The van der Waals surface area contributed by atoms with E-state index in [0.29, 0.717) is 13.2 Å². The Balaban J connectivity index is 1.57. The van der Waals surface area contributed by atoms with Gasteiger partial charge in [0.2, 0.25) is 0 Å². The number of thiophene rings is 1. The number of aromatic nitrogens is 2. The van der Waals surface area contributed by atoms with Gasteiger partial charge in [-0.15, -0.1) is 11.3 Å². The van der Waals surface area contributed by atoms with Gasteiger partial charge in [0.15, 0.2) is 0 Å². The molecule has 2 aromatic heterocycles. The first-order valence-corrected chi connectivity index (χ1v) is 9.41. The molecule has 25 heavy (non-hydrogen) atoms. The molecule has 130 valence electrons. The van der Waals surface area contributed by atoms with Crippen molar-refractivity contribution in [2.75, 3.05) is 25.6 Å². The molecule has 0 unspecified atom stereocenters. The number of methoxy groups -OCH3 is 1. The average Bonchev–Trinajstić information content (AvgIpc) is 3.03. The van der Waals surface area contributed by atoms with Crippen molar-refractivity contribution >= 4 is 33.1 Å². The number of hydrogen-bond donors (Lipinski definition) is 1. The largest absolute Gasteiger partial charge is 0.491 e. The second-order valence-corrected chi connectivity index (χ2v) is 7.19. The van der Waals surface area contributed by atoms with Crippen LogP contribution in [0.1, 0.15) is 23.3 Å². The first-order chi connectivity index (χ1) is 12.3. The third-order valence-corrected chi connectivity index (χ3v) is 5.62. The molecule has 2 heterocycles. The molecule has 0 amide bonds. The van der Waals surface area contributed by atoms with Gasteiger partial charge in [-0.3, -0.25) is 0 Å². The highest BCUT2D eigenvalue weighted by atomic mass is 32.1. The Labute approximate surface area is 151 Å². The minimum absolute atomic E-state index is 0.552. The summed E-state index contributed by atoms with van der Waals surface area (Å²) in [6.45, 7) is 1.14. The summed E-state index contributed by atoms with van der Waals surface area (Å²) < 4.78 is 10.6. The fourth-order valence-electron chi connectivity index (χ4n) is 3.20. The Morgan fingerprint density at radius 3 is 2.76 bits per heavy atom. The number of ether oxygens (including phenoxy) is 2. The lowest BCUT2D eigenvalue weighted by atomic mass is 9.97. The topological polar surface area (TPSA) is 56.3 Å². The van der Waals surface area contributed by atoms with Gasteiger partial charge in [-0.25, -0.2) is 9.97 Å². The van der Waals surface area contributed by atoms with E-state index in [1.807, 2.05) is 35.6 Å². The Bertz CT molecular complexity index is 861. The number of nitrogens with one attached hydrogen (secondary N) is 1. The minimum atomic E-state index is 0.552. The van der Waals surface area contributed by atoms with Gasteiger partial charge in [0, 0.05) is 17.7 Å². The summed E-state index contributed by atoms with van der Waals surface area (Å²) in [5, 5.41) is 4.65. The van der Waals surface area contributed by atoms with Crippen LogP contribution in [0.4, 0.5) is 11.5 Å². The zero-order valence-electron chi connectivity index (χ0n) is 14.2. The number of hydrogen-bond acceptors (Lipinski definition) is 6. The summed E-state index contributed by atoms with van der Waals surface area (Å²) in [6, 6.07) is 7.93. The number of fused-ring (bicyclic) bond motifs is 3. The number of rotatable bonds is 6. The maximum Gasteiger partial charge on any atom is 0.142 e. The quantitative estimate of drug-likeness (QED) is 0.667. The van der Waals surface area contributed by atoms with E-state index >= 15 is 0 Å². The average molecular weight is 355 g/mol. The van der Waals surface area contributed by atoms with E-state index in [1.54, 1.807) is 13.4 Å². The van der Waals surface area contributed by atoms with Gasteiger partial charge in [-0.1, -0.05) is 0 Å². The maximum absolute atomic E-state index is 5.61. The van der Waals surface area contributed by atoms with Crippen molar-refractivity contribution in [1.82, 2.24) is 9.97 Å².